The van der Waals surface area contributed by atoms with Gasteiger partial charge in [0.2, 0.25) is 5.91 Å². The first-order valence-corrected chi connectivity index (χ1v) is 11.4. The number of rotatable bonds is 5. The van der Waals surface area contributed by atoms with E-state index in [4.69, 9.17) is 9.57 Å². The van der Waals surface area contributed by atoms with Crippen LogP contribution in [-0.2, 0) is 9.63 Å². The zero-order valence-corrected chi connectivity index (χ0v) is 20.3. The fourth-order valence-electron chi connectivity index (χ4n) is 5.21. The Bertz CT molecular complexity index is 1100. The first-order chi connectivity index (χ1) is 15.1. The number of carbonyl (C=O) groups excluding carboxylic acids is 2. The largest absolute Gasteiger partial charge is 0.497 e. The molecule has 2 unspecified atom stereocenters. The molecule has 0 heterocycles. The first kappa shape index (κ1) is 22.5. The molecule has 7 heteroatoms. The summed E-state index contributed by atoms with van der Waals surface area (Å²) in [6.45, 7) is 6.35. The van der Waals surface area contributed by atoms with E-state index in [1.54, 1.807) is 37.4 Å². The number of anilines is 1. The molecule has 2 aromatic carbocycles. The van der Waals surface area contributed by atoms with Gasteiger partial charge in [0.15, 0.2) is 0 Å². The number of hydrogen-bond acceptors (Lipinski definition) is 5. The van der Waals surface area contributed by atoms with Gasteiger partial charge in [-0.2, -0.15) is 0 Å². The zero-order chi connectivity index (χ0) is 23.1. The third kappa shape index (κ3) is 3.43. The summed E-state index contributed by atoms with van der Waals surface area (Å²) in [5, 5.41) is 7.37. The van der Waals surface area contributed by atoms with E-state index in [0.29, 0.717) is 23.4 Å². The molecule has 1 amide bonds. The van der Waals surface area contributed by atoms with Crippen molar-refractivity contribution in [3.63, 3.8) is 0 Å². The first-order valence-electron chi connectivity index (χ1n) is 10.6. The summed E-state index contributed by atoms with van der Waals surface area (Å²) >= 11 is 3.36. The van der Waals surface area contributed by atoms with Crippen LogP contribution < -0.4 is 10.1 Å². The van der Waals surface area contributed by atoms with Crippen LogP contribution in [0.3, 0.4) is 0 Å². The Morgan fingerprint density at radius 1 is 1.06 bits per heavy atom. The van der Waals surface area contributed by atoms with Gasteiger partial charge in [0.25, 0.3) is 0 Å². The van der Waals surface area contributed by atoms with Gasteiger partial charge in [0.05, 0.1) is 23.8 Å². The van der Waals surface area contributed by atoms with Crippen LogP contribution in [0, 0.1) is 16.2 Å². The predicted octanol–water partition coefficient (Wildman–Crippen LogP) is 5.83. The standard InChI is InChI=1S/C25H27BrN2O4/c1-23(2)24(3)12-13-25(23,22(30)27-18-6-5-7-19(14-18)31-4)15-20(24)28-32-21(29)16-8-10-17(26)11-9-16/h5-11,14H,12-13,15H2,1-4H3,(H,27,30). The van der Waals surface area contributed by atoms with Gasteiger partial charge in [-0.15, -0.1) is 0 Å². The summed E-state index contributed by atoms with van der Waals surface area (Å²) in [5.41, 5.74) is 0.564. The van der Waals surface area contributed by atoms with E-state index in [1.165, 1.54) is 0 Å². The molecule has 2 saturated carbocycles. The monoisotopic (exact) mass is 498 g/mol. The van der Waals surface area contributed by atoms with E-state index >= 15 is 0 Å². The minimum Gasteiger partial charge on any atom is -0.497 e. The molecule has 0 aromatic heterocycles. The molecule has 1 N–H and O–H groups in total. The van der Waals surface area contributed by atoms with E-state index in [2.05, 4.69) is 47.2 Å². The number of fused-ring (bicyclic) bond motifs is 2. The summed E-state index contributed by atoms with van der Waals surface area (Å²) < 4.78 is 6.15. The molecule has 2 aliphatic rings. The molecule has 2 aliphatic carbocycles. The number of nitrogens with one attached hydrogen (secondary N) is 1. The van der Waals surface area contributed by atoms with E-state index in [-0.39, 0.29) is 16.7 Å². The van der Waals surface area contributed by atoms with Crippen LogP contribution in [0.2, 0.25) is 0 Å². The van der Waals surface area contributed by atoms with Crippen molar-refractivity contribution in [2.75, 3.05) is 12.4 Å². The number of benzene rings is 2. The second-order valence-electron chi connectivity index (χ2n) is 9.33. The van der Waals surface area contributed by atoms with Gasteiger partial charge in [0, 0.05) is 28.1 Å². The highest BCUT2D eigenvalue weighted by Crippen LogP contribution is 2.71. The Labute approximate surface area is 196 Å². The van der Waals surface area contributed by atoms with Crippen LogP contribution >= 0.6 is 15.9 Å². The number of oxime groups is 1. The number of carbonyl (C=O) groups is 2. The Balaban J connectivity index is 1.57. The Morgan fingerprint density at radius 3 is 2.47 bits per heavy atom. The molecule has 32 heavy (non-hydrogen) atoms. The summed E-state index contributed by atoms with van der Waals surface area (Å²) in [7, 11) is 1.60. The van der Waals surface area contributed by atoms with Crippen molar-refractivity contribution in [2.45, 2.75) is 40.0 Å². The van der Waals surface area contributed by atoms with Gasteiger partial charge in [-0.1, -0.05) is 47.9 Å². The highest BCUT2D eigenvalue weighted by molar-refractivity contribution is 9.10. The van der Waals surface area contributed by atoms with E-state index in [1.807, 2.05) is 18.2 Å². The number of halogens is 1. The van der Waals surface area contributed by atoms with Crippen LogP contribution in [0.15, 0.2) is 58.2 Å². The predicted molar refractivity (Wildman–Crippen MR) is 127 cm³/mol. The van der Waals surface area contributed by atoms with Crippen molar-refractivity contribution >= 4 is 39.2 Å². The van der Waals surface area contributed by atoms with Crippen molar-refractivity contribution in [1.82, 2.24) is 0 Å². The van der Waals surface area contributed by atoms with Gasteiger partial charge in [-0.3, -0.25) is 4.79 Å². The quantitative estimate of drug-likeness (QED) is 0.415. The molecule has 2 bridgehead atoms. The topological polar surface area (TPSA) is 77.0 Å². The molecular weight excluding hydrogens is 472 g/mol. The molecule has 0 saturated heterocycles. The Morgan fingerprint density at radius 2 is 1.78 bits per heavy atom. The molecule has 2 atom stereocenters. The smallest absolute Gasteiger partial charge is 0.365 e. The van der Waals surface area contributed by atoms with E-state index in [0.717, 1.165) is 23.0 Å². The number of methoxy groups -OCH3 is 1. The molecular formula is C25H27BrN2O4. The second-order valence-corrected chi connectivity index (χ2v) is 10.2. The average molecular weight is 499 g/mol. The highest BCUT2D eigenvalue weighted by atomic mass is 79.9. The average Bonchev–Trinajstić information content (AvgIpc) is 3.08. The molecule has 6 nitrogen and oxygen atoms in total. The zero-order valence-electron chi connectivity index (χ0n) is 18.7. The lowest BCUT2D eigenvalue weighted by molar-refractivity contribution is -0.130. The van der Waals surface area contributed by atoms with Crippen LogP contribution in [-0.4, -0.2) is 24.7 Å². The van der Waals surface area contributed by atoms with E-state index in [9.17, 15) is 9.59 Å². The number of amides is 1. The van der Waals surface area contributed by atoms with Crippen LogP contribution in [0.4, 0.5) is 5.69 Å². The van der Waals surface area contributed by atoms with Gasteiger partial charge < -0.3 is 14.9 Å². The number of ether oxygens (including phenoxy) is 1. The van der Waals surface area contributed by atoms with Crippen molar-refractivity contribution in [2.24, 2.45) is 21.4 Å². The van der Waals surface area contributed by atoms with Gasteiger partial charge in [-0.25, -0.2) is 4.79 Å². The van der Waals surface area contributed by atoms with Crippen LogP contribution in [0.25, 0.3) is 0 Å². The SMILES string of the molecule is COc1cccc(NC(=O)C23CCC(C)(C(=NOC(=O)c4ccc(Br)cc4)C2)C3(C)C)c1. The summed E-state index contributed by atoms with van der Waals surface area (Å²) in [6, 6.07) is 14.3. The maximum absolute atomic E-state index is 13.6. The van der Waals surface area contributed by atoms with Crippen LogP contribution in [0.5, 0.6) is 5.75 Å². The minimum absolute atomic E-state index is 0.0380. The molecule has 4 rings (SSSR count). The summed E-state index contributed by atoms with van der Waals surface area (Å²) in [4.78, 5) is 31.4. The fourth-order valence-corrected chi connectivity index (χ4v) is 5.47. The van der Waals surface area contributed by atoms with Crippen LogP contribution in [0.1, 0.15) is 50.4 Å². The normalized spacial score (nSPS) is 26.7. The summed E-state index contributed by atoms with van der Waals surface area (Å²) in [6.07, 6.45) is 2.02. The third-order valence-electron chi connectivity index (χ3n) is 7.81. The lowest BCUT2D eigenvalue weighted by Crippen LogP contribution is -2.43. The molecule has 168 valence electrons. The van der Waals surface area contributed by atoms with Gasteiger partial charge in [-0.05, 0) is 54.7 Å². The van der Waals surface area contributed by atoms with Gasteiger partial charge >= 0.3 is 5.97 Å². The summed E-state index contributed by atoms with van der Waals surface area (Å²) in [5.74, 6) is 0.136. The Hall–Kier alpha value is -2.67. The number of hydrogen-bond donors (Lipinski definition) is 1. The Kier molecular flexibility index (Phi) is 5.65. The van der Waals surface area contributed by atoms with Gasteiger partial charge in [0.1, 0.15) is 5.75 Å². The van der Waals surface area contributed by atoms with Crippen molar-refractivity contribution in [3.8, 4) is 5.75 Å². The third-order valence-corrected chi connectivity index (χ3v) is 8.34. The molecule has 0 radical (unpaired) electrons. The molecule has 0 aliphatic heterocycles. The molecule has 2 aromatic rings. The lowest BCUT2D eigenvalue weighted by Gasteiger charge is -2.39. The molecule has 0 spiro atoms. The minimum atomic E-state index is -0.631. The highest BCUT2D eigenvalue weighted by Gasteiger charge is 2.71. The fraction of sp³-hybridized carbons (Fsp3) is 0.400. The van der Waals surface area contributed by atoms with Crippen molar-refractivity contribution in [1.29, 1.82) is 0 Å². The maximum atomic E-state index is 13.6. The van der Waals surface area contributed by atoms with Crippen molar-refractivity contribution in [3.05, 3.63) is 58.6 Å². The second kappa shape index (κ2) is 8.03. The van der Waals surface area contributed by atoms with E-state index < -0.39 is 11.4 Å². The maximum Gasteiger partial charge on any atom is 0.365 e. The number of nitrogens with zero attached hydrogens (tertiary/aromatic N) is 1. The lowest BCUT2D eigenvalue weighted by atomic mass is 9.64. The van der Waals surface area contributed by atoms with Crippen molar-refractivity contribution < 1.29 is 19.2 Å². The molecule has 2 fully saturated rings.